The van der Waals surface area contributed by atoms with E-state index in [1.54, 1.807) is 12.1 Å². The van der Waals surface area contributed by atoms with Crippen molar-refractivity contribution in [3.63, 3.8) is 0 Å². The van der Waals surface area contributed by atoms with Gasteiger partial charge in [-0.3, -0.25) is 19.7 Å². The first-order chi connectivity index (χ1) is 13.3. The molecule has 142 valence electrons. The number of nitrogens with zero attached hydrogens (tertiary/aromatic N) is 1. The number of hydrogen-bond donors (Lipinski definition) is 2. The molecule has 2 aromatic carbocycles. The van der Waals surface area contributed by atoms with Crippen LogP contribution in [-0.4, -0.2) is 15.8 Å². The van der Waals surface area contributed by atoms with Gasteiger partial charge < -0.3 is 10.3 Å². The van der Waals surface area contributed by atoms with Gasteiger partial charge in [0.2, 0.25) is 0 Å². The molecule has 0 aliphatic carbocycles. The lowest BCUT2D eigenvalue weighted by Crippen LogP contribution is -2.20. The van der Waals surface area contributed by atoms with Gasteiger partial charge in [0.05, 0.1) is 9.46 Å². The Morgan fingerprint density at radius 2 is 1.96 bits per heavy atom. The number of rotatable bonds is 4. The molecule has 0 aliphatic heterocycles. The van der Waals surface area contributed by atoms with Crippen molar-refractivity contribution < 1.29 is 9.72 Å². The van der Waals surface area contributed by atoms with Gasteiger partial charge in [-0.1, -0.05) is 29.3 Å². The van der Waals surface area contributed by atoms with Gasteiger partial charge in [0.25, 0.3) is 17.2 Å². The third kappa shape index (κ3) is 4.73. The van der Waals surface area contributed by atoms with Crippen LogP contribution in [0.5, 0.6) is 0 Å². The quantitative estimate of drug-likeness (QED) is 0.504. The van der Waals surface area contributed by atoms with E-state index >= 15 is 0 Å². The molecule has 0 bridgehead atoms. The summed E-state index contributed by atoms with van der Waals surface area (Å²) < 4.78 is 0.624. The number of nitro groups is 1. The number of aromatic amines is 1. The van der Waals surface area contributed by atoms with Gasteiger partial charge >= 0.3 is 0 Å². The molecule has 0 atom stereocenters. The molecule has 0 aliphatic rings. The van der Waals surface area contributed by atoms with Gasteiger partial charge in [0, 0.05) is 34.5 Å². The largest absolute Gasteiger partial charge is 0.322 e. The Hall–Kier alpha value is -3.23. The number of amides is 1. The highest BCUT2D eigenvalue weighted by atomic mass is 35.5. The fourth-order valence-electron chi connectivity index (χ4n) is 2.36. The maximum absolute atomic E-state index is 12.1. The van der Waals surface area contributed by atoms with Gasteiger partial charge in [-0.15, -0.1) is 11.3 Å². The van der Waals surface area contributed by atoms with E-state index in [4.69, 9.17) is 11.6 Å². The van der Waals surface area contributed by atoms with Crippen molar-refractivity contribution >= 4 is 52.4 Å². The van der Waals surface area contributed by atoms with Crippen molar-refractivity contribution in [3.05, 3.63) is 88.3 Å². The van der Waals surface area contributed by atoms with E-state index in [-0.39, 0.29) is 21.1 Å². The summed E-state index contributed by atoms with van der Waals surface area (Å²) in [6.45, 7) is 1.94. The molecule has 1 aromatic heterocycles. The van der Waals surface area contributed by atoms with Gasteiger partial charge in [-0.2, -0.15) is 0 Å². The van der Waals surface area contributed by atoms with Crippen LogP contribution < -0.4 is 20.1 Å². The van der Waals surface area contributed by atoms with Crippen LogP contribution in [0.1, 0.15) is 11.1 Å². The van der Waals surface area contributed by atoms with E-state index in [1.807, 2.05) is 19.1 Å². The van der Waals surface area contributed by atoms with E-state index in [0.717, 1.165) is 16.9 Å². The van der Waals surface area contributed by atoms with E-state index in [2.05, 4.69) is 10.3 Å². The summed E-state index contributed by atoms with van der Waals surface area (Å²) in [4.78, 5) is 37.2. The number of anilines is 1. The first-order valence-electron chi connectivity index (χ1n) is 8.06. The van der Waals surface area contributed by atoms with Crippen molar-refractivity contribution in [1.82, 2.24) is 4.98 Å². The van der Waals surface area contributed by atoms with E-state index in [0.29, 0.717) is 15.9 Å². The lowest BCUT2D eigenvalue weighted by Gasteiger charge is -2.01. The molecule has 0 unspecified atom stereocenters. The first-order valence-corrected chi connectivity index (χ1v) is 9.25. The van der Waals surface area contributed by atoms with E-state index in [9.17, 15) is 19.7 Å². The Bertz CT molecular complexity index is 1230. The number of nitro benzene ring substituents is 1. The molecule has 3 rings (SSSR count). The van der Waals surface area contributed by atoms with Crippen LogP contribution in [0.15, 0.2) is 47.3 Å². The molecule has 0 radical (unpaired) electrons. The van der Waals surface area contributed by atoms with Crippen molar-refractivity contribution in [1.29, 1.82) is 0 Å². The molecule has 1 heterocycles. The second-order valence-corrected chi connectivity index (χ2v) is 7.38. The Kier molecular flexibility index (Phi) is 5.72. The van der Waals surface area contributed by atoms with Gasteiger partial charge in [0.1, 0.15) is 4.66 Å². The Labute approximate surface area is 167 Å². The van der Waals surface area contributed by atoms with E-state index in [1.165, 1.54) is 30.4 Å². The summed E-state index contributed by atoms with van der Waals surface area (Å²) in [5, 5.41) is 13.9. The predicted molar refractivity (Wildman–Crippen MR) is 110 cm³/mol. The van der Waals surface area contributed by atoms with E-state index < -0.39 is 10.5 Å². The molecule has 3 aromatic rings. The number of aromatic nitrogens is 1. The normalized spacial score (nSPS) is 12.2. The number of hydrogen-bond acceptors (Lipinski definition) is 5. The molecule has 7 nitrogen and oxygen atoms in total. The Morgan fingerprint density at radius 1 is 1.25 bits per heavy atom. The molecular weight excluding hydrogens is 402 g/mol. The van der Waals surface area contributed by atoms with Crippen molar-refractivity contribution in [2.45, 2.75) is 6.92 Å². The van der Waals surface area contributed by atoms with Crippen LogP contribution in [0.25, 0.3) is 12.2 Å². The Morgan fingerprint density at radius 3 is 2.64 bits per heavy atom. The van der Waals surface area contributed by atoms with Crippen molar-refractivity contribution in [2.24, 2.45) is 0 Å². The number of carbonyl (C=O) groups excluding carboxylic acids is 1. The second kappa shape index (κ2) is 8.20. The summed E-state index contributed by atoms with van der Waals surface area (Å²) in [5.41, 5.74) is 1.51. The molecule has 9 heteroatoms. The predicted octanol–water partition coefficient (Wildman–Crippen LogP) is 2.55. The number of aryl methyl sites for hydroxylation is 1. The average molecular weight is 416 g/mol. The van der Waals surface area contributed by atoms with Crippen LogP contribution in [0.2, 0.25) is 5.02 Å². The summed E-state index contributed by atoms with van der Waals surface area (Å²) in [6.07, 6.45) is 2.73. The molecule has 0 saturated heterocycles. The maximum Gasteiger partial charge on any atom is 0.270 e. The zero-order valence-electron chi connectivity index (χ0n) is 14.6. The molecule has 28 heavy (non-hydrogen) atoms. The minimum Gasteiger partial charge on any atom is -0.322 e. The number of H-pyrrole nitrogens is 1. The van der Waals surface area contributed by atoms with Crippen LogP contribution in [0.4, 0.5) is 11.4 Å². The lowest BCUT2D eigenvalue weighted by molar-refractivity contribution is -0.384. The number of nitrogens with one attached hydrogen (secondary N) is 2. The fourth-order valence-corrected chi connectivity index (χ4v) is 3.40. The fraction of sp³-hybridized carbons (Fsp3) is 0.0526. The lowest BCUT2D eigenvalue weighted by atomic mass is 10.2. The Balaban J connectivity index is 1.91. The molecule has 2 N–H and O–H groups in total. The third-order valence-corrected chi connectivity index (χ3v) is 5.05. The topological polar surface area (TPSA) is 105 Å². The highest BCUT2D eigenvalue weighted by Gasteiger charge is 2.09. The maximum atomic E-state index is 12.1. The highest BCUT2D eigenvalue weighted by Crippen LogP contribution is 2.22. The van der Waals surface area contributed by atoms with Crippen molar-refractivity contribution in [2.75, 3.05) is 5.32 Å². The van der Waals surface area contributed by atoms with Gasteiger partial charge in [0.15, 0.2) is 0 Å². The summed E-state index contributed by atoms with van der Waals surface area (Å²) >= 11 is 7.11. The number of thiazole rings is 1. The minimum absolute atomic E-state index is 0.132. The summed E-state index contributed by atoms with van der Waals surface area (Å²) in [6, 6.07) is 11.3. The molecule has 0 fully saturated rings. The zero-order valence-corrected chi connectivity index (χ0v) is 16.1. The second-order valence-electron chi connectivity index (χ2n) is 5.89. The first kappa shape index (κ1) is 19.5. The minimum atomic E-state index is -0.541. The van der Waals surface area contributed by atoms with Crippen LogP contribution >= 0.6 is 22.9 Å². The number of benzene rings is 2. The SMILES string of the molecule is Cc1ccc(NC(=O)/C=c2/[nH]c(=O)/c(=C/c3cc([N+](=O)[O-])ccc3Cl)s2)cc1. The molecular formula is C19H14ClN3O4S. The molecule has 1 amide bonds. The standard InChI is InChI=1S/C19H14ClN3O4S/c1-11-2-4-13(5-3-11)21-17(24)10-18-22-19(25)16(28-18)9-12-8-14(23(26)27)6-7-15(12)20/h2-10H,1H3,(H,21,24)(H,22,25)/b16-9-,18-10-. The van der Waals surface area contributed by atoms with Crippen molar-refractivity contribution in [3.8, 4) is 0 Å². The van der Waals surface area contributed by atoms with Gasteiger partial charge in [-0.25, -0.2) is 0 Å². The highest BCUT2D eigenvalue weighted by molar-refractivity contribution is 7.07. The van der Waals surface area contributed by atoms with Crippen LogP contribution in [0.3, 0.4) is 0 Å². The number of carbonyl (C=O) groups is 1. The van der Waals surface area contributed by atoms with Crippen LogP contribution in [-0.2, 0) is 4.79 Å². The van der Waals surface area contributed by atoms with Crippen LogP contribution in [0, 0.1) is 17.0 Å². The zero-order chi connectivity index (χ0) is 20.3. The smallest absolute Gasteiger partial charge is 0.270 e. The molecule has 0 spiro atoms. The number of non-ortho nitro benzene ring substituents is 1. The average Bonchev–Trinajstić information content (AvgIpc) is 2.97. The summed E-state index contributed by atoms with van der Waals surface area (Å²) in [7, 11) is 0. The monoisotopic (exact) mass is 415 g/mol. The molecule has 0 saturated carbocycles. The summed E-state index contributed by atoms with van der Waals surface area (Å²) in [5.74, 6) is -0.388. The van der Waals surface area contributed by atoms with Gasteiger partial charge in [-0.05, 0) is 31.2 Å². The third-order valence-electron chi connectivity index (χ3n) is 3.74. The number of halogens is 1.